The summed E-state index contributed by atoms with van der Waals surface area (Å²) in [4.78, 5) is 12.7. The molecular weight excluding hydrogens is 368 g/mol. The zero-order valence-corrected chi connectivity index (χ0v) is 18.1. The highest BCUT2D eigenvalue weighted by Gasteiger charge is 2.29. The Morgan fingerprint density at radius 2 is 1.82 bits per heavy atom. The second-order valence-electron chi connectivity index (χ2n) is 7.41. The molecule has 1 aliphatic carbocycles. The lowest BCUT2D eigenvalue weighted by atomic mass is 9.97. The molecule has 1 aliphatic rings. The van der Waals surface area contributed by atoms with Crippen LogP contribution in [0.5, 0.6) is 5.75 Å². The monoisotopic (exact) mass is 396 g/mol. The fraction of sp³-hybridized carbons (Fsp3) is 0.348. The Kier molecular flexibility index (Phi) is 6.18. The summed E-state index contributed by atoms with van der Waals surface area (Å²) in [5.74, 6) is 0.627. The Hall–Kier alpha value is -2.21. The summed E-state index contributed by atoms with van der Waals surface area (Å²) in [5, 5.41) is 0. The van der Waals surface area contributed by atoms with Gasteiger partial charge in [0.15, 0.2) is 5.78 Å². The molecule has 0 saturated carbocycles. The van der Waals surface area contributed by atoms with Crippen LogP contribution in [0.1, 0.15) is 34.8 Å². The fourth-order valence-corrected chi connectivity index (χ4v) is 4.97. The first kappa shape index (κ1) is 20.5. The number of ether oxygens (including phenoxy) is 1. The number of allylic oxidation sites excluding steroid dienone is 1. The van der Waals surface area contributed by atoms with E-state index in [1.807, 2.05) is 30.8 Å². The number of hydrogen-bond acceptors (Lipinski definition) is 4. The molecule has 0 aromatic heterocycles. The van der Waals surface area contributed by atoms with Crippen LogP contribution in [0.2, 0.25) is 12.6 Å². The van der Waals surface area contributed by atoms with Crippen LogP contribution in [0.25, 0.3) is 11.1 Å². The smallest absolute Gasteiger partial charge is 0.334 e. The highest BCUT2D eigenvalue weighted by atomic mass is 28.4. The molecule has 0 aliphatic heterocycles. The van der Waals surface area contributed by atoms with Gasteiger partial charge in [-0.05, 0) is 54.3 Å². The van der Waals surface area contributed by atoms with Gasteiger partial charge in [0, 0.05) is 26.2 Å². The van der Waals surface area contributed by atoms with Crippen molar-refractivity contribution in [3.8, 4) is 16.9 Å². The molecule has 148 valence electrons. The van der Waals surface area contributed by atoms with Crippen molar-refractivity contribution in [2.24, 2.45) is 0 Å². The minimum absolute atomic E-state index is 0.0678. The Morgan fingerprint density at radius 1 is 1.11 bits per heavy atom. The van der Waals surface area contributed by atoms with Gasteiger partial charge in [-0.15, -0.1) is 0 Å². The number of ketones is 1. The van der Waals surface area contributed by atoms with Gasteiger partial charge in [-0.3, -0.25) is 4.79 Å². The van der Waals surface area contributed by atoms with Crippen LogP contribution >= 0.6 is 0 Å². The van der Waals surface area contributed by atoms with Gasteiger partial charge in [0.2, 0.25) is 0 Å². The Labute approximate surface area is 168 Å². The first-order valence-corrected chi connectivity index (χ1v) is 12.1. The summed E-state index contributed by atoms with van der Waals surface area (Å²) >= 11 is 0. The maximum absolute atomic E-state index is 12.7. The van der Waals surface area contributed by atoms with Crippen molar-refractivity contribution in [2.75, 3.05) is 20.8 Å². The third kappa shape index (κ3) is 3.97. The molecule has 2 aromatic rings. The first-order valence-electron chi connectivity index (χ1n) is 9.57. The summed E-state index contributed by atoms with van der Waals surface area (Å²) in [6.45, 7) is 8.12. The van der Waals surface area contributed by atoms with Crippen molar-refractivity contribution < 1.29 is 18.4 Å². The van der Waals surface area contributed by atoms with E-state index in [1.54, 1.807) is 21.1 Å². The van der Waals surface area contributed by atoms with E-state index >= 15 is 0 Å². The largest absolute Gasteiger partial charge is 0.493 e. The van der Waals surface area contributed by atoms with E-state index in [4.69, 9.17) is 13.6 Å². The Bertz CT molecular complexity index is 899. The van der Waals surface area contributed by atoms with Gasteiger partial charge in [-0.25, -0.2) is 0 Å². The van der Waals surface area contributed by atoms with Crippen LogP contribution in [-0.4, -0.2) is 35.2 Å². The summed E-state index contributed by atoms with van der Waals surface area (Å²) in [6.07, 6.45) is 1.59. The maximum Gasteiger partial charge on any atom is 0.334 e. The summed E-state index contributed by atoms with van der Waals surface area (Å²) in [7, 11) is 1.27. The molecule has 0 atom stereocenters. The van der Waals surface area contributed by atoms with Crippen molar-refractivity contribution in [3.05, 3.63) is 65.2 Å². The quantitative estimate of drug-likeness (QED) is 0.217. The van der Waals surface area contributed by atoms with E-state index in [9.17, 15) is 4.79 Å². The normalized spacial score (nSPS) is 12.4. The van der Waals surface area contributed by atoms with Crippen molar-refractivity contribution >= 4 is 14.3 Å². The van der Waals surface area contributed by atoms with Crippen LogP contribution in [0, 0.1) is 0 Å². The van der Waals surface area contributed by atoms with E-state index in [0.29, 0.717) is 23.5 Å². The van der Waals surface area contributed by atoms with E-state index in [1.165, 1.54) is 11.1 Å². The topological polar surface area (TPSA) is 44.8 Å². The first-order chi connectivity index (χ1) is 13.4. The molecule has 4 nitrogen and oxygen atoms in total. The summed E-state index contributed by atoms with van der Waals surface area (Å²) in [6, 6.07) is 13.1. The van der Waals surface area contributed by atoms with Crippen LogP contribution in [-0.2, 0) is 15.3 Å². The molecule has 0 bridgehead atoms. The molecule has 0 spiro atoms. The summed E-state index contributed by atoms with van der Waals surface area (Å²) in [5.41, 5.74) is 5.83. The third-order valence-electron chi connectivity index (χ3n) is 5.45. The van der Waals surface area contributed by atoms with Gasteiger partial charge in [-0.1, -0.05) is 36.9 Å². The van der Waals surface area contributed by atoms with Crippen LogP contribution in [0.15, 0.2) is 48.6 Å². The molecule has 0 heterocycles. The number of Topliss-reactive ketones (excluding diaryl/α,β-unsaturated/α-hetero) is 1. The van der Waals surface area contributed by atoms with Crippen LogP contribution in [0.4, 0.5) is 0 Å². The molecule has 3 rings (SSSR count). The van der Waals surface area contributed by atoms with Crippen LogP contribution < -0.4 is 4.74 Å². The van der Waals surface area contributed by atoms with Crippen molar-refractivity contribution in [2.45, 2.75) is 32.4 Å². The van der Waals surface area contributed by atoms with Crippen molar-refractivity contribution in [1.29, 1.82) is 0 Å². The van der Waals surface area contributed by atoms with Gasteiger partial charge in [0.05, 0.1) is 12.2 Å². The predicted molar refractivity (Wildman–Crippen MR) is 114 cm³/mol. The van der Waals surface area contributed by atoms with E-state index in [-0.39, 0.29) is 5.78 Å². The van der Waals surface area contributed by atoms with Crippen LogP contribution in [0.3, 0.4) is 0 Å². The van der Waals surface area contributed by atoms with E-state index in [2.05, 4.69) is 18.7 Å². The lowest BCUT2D eigenvalue weighted by Crippen LogP contribution is -2.36. The fourth-order valence-electron chi connectivity index (χ4n) is 3.61. The SMILES string of the molecule is C=C(C)C(=O)c1ccc2c(c1OCCC[Si](C)(OC)OC)Cc1ccccc1-2. The molecule has 2 aromatic carbocycles. The molecule has 0 amide bonds. The average Bonchev–Trinajstić information content (AvgIpc) is 3.09. The molecule has 5 heteroatoms. The lowest BCUT2D eigenvalue weighted by Gasteiger charge is -2.23. The number of fused-ring (bicyclic) bond motifs is 3. The summed E-state index contributed by atoms with van der Waals surface area (Å²) < 4.78 is 17.3. The van der Waals surface area contributed by atoms with Gasteiger partial charge >= 0.3 is 8.56 Å². The van der Waals surface area contributed by atoms with Gasteiger partial charge in [0.1, 0.15) is 5.75 Å². The molecule has 0 radical (unpaired) electrons. The average molecular weight is 397 g/mol. The van der Waals surface area contributed by atoms with Gasteiger partial charge in [0.25, 0.3) is 0 Å². The second-order valence-corrected chi connectivity index (χ2v) is 11.0. The van der Waals surface area contributed by atoms with E-state index in [0.717, 1.165) is 30.0 Å². The molecule has 0 unspecified atom stereocenters. The minimum atomic E-state index is -2.12. The molecular formula is C23H28O4Si. The number of carbonyl (C=O) groups excluding carboxylic acids is 1. The van der Waals surface area contributed by atoms with Crippen molar-refractivity contribution in [1.82, 2.24) is 0 Å². The van der Waals surface area contributed by atoms with E-state index < -0.39 is 8.56 Å². The Balaban J connectivity index is 1.88. The van der Waals surface area contributed by atoms with Gasteiger partial charge in [-0.2, -0.15) is 0 Å². The van der Waals surface area contributed by atoms with Crippen molar-refractivity contribution in [3.63, 3.8) is 0 Å². The zero-order valence-electron chi connectivity index (χ0n) is 17.1. The second kappa shape index (κ2) is 8.43. The number of carbonyl (C=O) groups is 1. The number of rotatable bonds is 9. The third-order valence-corrected chi connectivity index (χ3v) is 8.44. The molecule has 28 heavy (non-hydrogen) atoms. The molecule has 0 N–H and O–H groups in total. The predicted octanol–water partition coefficient (Wildman–Crippen LogP) is 5.15. The maximum atomic E-state index is 12.7. The molecule has 0 fully saturated rings. The highest BCUT2D eigenvalue weighted by molar-refractivity contribution is 6.65. The number of benzene rings is 2. The lowest BCUT2D eigenvalue weighted by molar-refractivity contribution is 0.103. The standard InChI is InChI=1S/C23H28O4Si/c1-16(2)22(24)20-12-11-19-18-10-7-6-9-17(18)15-21(19)23(20)27-13-8-14-28(5,25-3)26-4/h6-7,9-12H,1,8,13-15H2,2-5H3. The highest BCUT2D eigenvalue weighted by Crippen LogP contribution is 2.43. The van der Waals surface area contributed by atoms with Gasteiger partial charge < -0.3 is 13.6 Å². The number of hydrogen-bond donors (Lipinski definition) is 0. The zero-order chi connectivity index (χ0) is 20.3. The molecule has 0 saturated heterocycles. The minimum Gasteiger partial charge on any atom is -0.493 e. The Morgan fingerprint density at radius 3 is 2.50 bits per heavy atom.